The maximum absolute atomic E-state index is 12.3. The third kappa shape index (κ3) is 4.81. The van der Waals surface area contributed by atoms with Gasteiger partial charge in [0.1, 0.15) is 0 Å². The number of amides is 1. The minimum absolute atomic E-state index is 0.0854. The molecule has 1 aliphatic heterocycles. The second-order valence-corrected chi connectivity index (χ2v) is 8.51. The number of thioether (sulfide) groups is 1. The second-order valence-electron chi connectivity index (χ2n) is 6.58. The average Bonchev–Trinajstić information content (AvgIpc) is 3.48. The number of carbonyl (C=O) groups excluding carboxylic acids is 1. The molecule has 3 heterocycles. The van der Waals surface area contributed by atoms with E-state index < -0.39 is 0 Å². The summed E-state index contributed by atoms with van der Waals surface area (Å²) in [5, 5.41) is 14.4. The monoisotopic (exact) mass is 414 g/mol. The van der Waals surface area contributed by atoms with Gasteiger partial charge >= 0.3 is 0 Å². The van der Waals surface area contributed by atoms with Crippen molar-refractivity contribution < 1.29 is 9.53 Å². The number of hydrogen-bond acceptors (Lipinski definition) is 6. The Balaban J connectivity index is 1.48. The number of rotatable bonds is 8. The summed E-state index contributed by atoms with van der Waals surface area (Å²) in [7, 11) is 0. The number of nitrogens with one attached hydrogen (secondary N) is 1. The van der Waals surface area contributed by atoms with Crippen LogP contribution in [-0.2, 0) is 17.8 Å². The lowest BCUT2D eigenvalue weighted by atomic mass is 10.2. The molecule has 6 nitrogen and oxygen atoms in total. The van der Waals surface area contributed by atoms with Crippen LogP contribution in [0, 0.1) is 0 Å². The molecule has 1 atom stereocenters. The predicted octanol–water partition coefficient (Wildman–Crippen LogP) is 3.59. The molecule has 0 bridgehead atoms. The van der Waals surface area contributed by atoms with E-state index in [1.807, 2.05) is 35.7 Å². The van der Waals surface area contributed by atoms with E-state index in [2.05, 4.69) is 32.2 Å². The zero-order valence-electron chi connectivity index (χ0n) is 15.4. The van der Waals surface area contributed by atoms with Crippen LogP contribution in [0.15, 0.2) is 53.0 Å². The van der Waals surface area contributed by atoms with Gasteiger partial charge in [-0.3, -0.25) is 4.79 Å². The third-order valence-corrected chi connectivity index (χ3v) is 6.52. The minimum atomic E-state index is -0.0854. The quantitative estimate of drug-likeness (QED) is 0.571. The van der Waals surface area contributed by atoms with Crippen molar-refractivity contribution >= 4 is 29.0 Å². The van der Waals surface area contributed by atoms with Crippen molar-refractivity contribution in [3.8, 4) is 0 Å². The van der Waals surface area contributed by atoms with Gasteiger partial charge in [-0.05, 0) is 29.9 Å². The summed E-state index contributed by atoms with van der Waals surface area (Å²) < 4.78 is 7.81. The van der Waals surface area contributed by atoms with Gasteiger partial charge in [-0.1, -0.05) is 48.2 Å². The normalized spacial score (nSPS) is 16.4. The van der Waals surface area contributed by atoms with Crippen molar-refractivity contribution in [1.29, 1.82) is 0 Å². The van der Waals surface area contributed by atoms with E-state index in [9.17, 15) is 4.79 Å². The highest BCUT2D eigenvalue weighted by molar-refractivity contribution is 7.99. The zero-order valence-corrected chi connectivity index (χ0v) is 17.0. The van der Waals surface area contributed by atoms with Gasteiger partial charge in [-0.15, -0.1) is 21.5 Å². The first kappa shape index (κ1) is 19.2. The van der Waals surface area contributed by atoms with Crippen molar-refractivity contribution in [2.75, 3.05) is 12.4 Å². The first-order valence-electron chi connectivity index (χ1n) is 9.31. The highest BCUT2D eigenvalue weighted by Crippen LogP contribution is 2.24. The Kier molecular flexibility index (Phi) is 6.41. The van der Waals surface area contributed by atoms with E-state index in [1.54, 1.807) is 11.8 Å². The maximum atomic E-state index is 12.3. The molecule has 1 aliphatic rings. The maximum Gasteiger partial charge on any atom is 0.261 e. The Morgan fingerprint density at radius 2 is 2.14 bits per heavy atom. The molecule has 1 fully saturated rings. The molecule has 1 N–H and O–H groups in total. The fraction of sp³-hybridized carbons (Fsp3) is 0.350. The van der Waals surface area contributed by atoms with Crippen molar-refractivity contribution in [3.05, 3.63) is 64.1 Å². The van der Waals surface area contributed by atoms with E-state index in [0.29, 0.717) is 18.0 Å². The van der Waals surface area contributed by atoms with Gasteiger partial charge in [0.25, 0.3) is 5.91 Å². The molecule has 0 saturated carbocycles. The van der Waals surface area contributed by atoms with Crippen LogP contribution in [0.3, 0.4) is 0 Å². The lowest BCUT2D eigenvalue weighted by molar-refractivity contribution is 0.0953. The van der Waals surface area contributed by atoms with Gasteiger partial charge in [0.05, 0.1) is 24.1 Å². The Bertz CT molecular complexity index is 890. The van der Waals surface area contributed by atoms with Gasteiger partial charge in [-0.2, -0.15) is 0 Å². The molecule has 1 unspecified atom stereocenters. The number of nitrogens with zero attached hydrogens (tertiary/aromatic N) is 3. The van der Waals surface area contributed by atoms with Crippen LogP contribution in [0.1, 0.15) is 33.9 Å². The van der Waals surface area contributed by atoms with Gasteiger partial charge in [0.15, 0.2) is 11.0 Å². The van der Waals surface area contributed by atoms with Crippen molar-refractivity contribution in [2.45, 2.75) is 37.2 Å². The van der Waals surface area contributed by atoms with Crippen LogP contribution in [-0.4, -0.2) is 39.1 Å². The highest BCUT2D eigenvalue weighted by atomic mass is 32.2. The van der Waals surface area contributed by atoms with Crippen molar-refractivity contribution in [1.82, 2.24) is 20.1 Å². The number of ether oxygens (including phenoxy) is 1. The lowest BCUT2D eigenvalue weighted by Gasteiger charge is -2.12. The summed E-state index contributed by atoms with van der Waals surface area (Å²) in [6.07, 6.45) is 2.51. The molecule has 2 aromatic heterocycles. The Morgan fingerprint density at radius 3 is 2.89 bits per heavy atom. The Labute approximate surface area is 172 Å². The van der Waals surface area contributed by atoms with E-state index in [0.717, 1.165) is 36.2 Å². The highest BCUT2D eigenvalue weighted by Gasteiger charge is 2.19. The van der Waals surface area contributed by atoms with Gasteiger partial charge in [-0.25, -0.2) is 0 Å². The van der Waals surface area contributed by atoms with E-state index >= 15 is 0 Å². The van der Waals surface area contributed by atoms with Crippen LogP contribution in [0.2, 0.25) is 0 Å². The lowest BCUT2D eigenvalue weighted by Crippen LogP contribution is -2.24. The van der Waals surface area contributed by atoms with E-state index in [4.69, 9.17) is 4.74 Å². The van der Waals surface area contributed by atoms with Crippen LogP contribution < -0.4 is 5.32 Å². The molecule has 0 spiro atoms. The molecule has 4 rings (SSSR count). The molecular formula is C20H22N4O2S2. The molecule has 1 saturated heterocycles. The molecule has 1 amide bonds. The standard InChI is InChI=1S/C20H22N4O2S2/c25-19(17-9-5-11-27-17)21-12-18-22-23-20(28-14-16-8-4-10-26-16)24(18)13-15-6-2-1-3-7-15/h1-3,5-7,9,11,16H,4,8,10,12-14H2,(H,21,25). The summed E-state index contributed by atoms with van der Waals surface area (Å²) in [4.78, 5) is 13.0. The first-order valence-corrected chi connectivity index (χ1v) is 11.2. The fourth-order valence-corrected chi connectivity index (χ4v) is 4.74. The van der Waals surface area contributed by atoms with Gasteiger partial charge in [0.2, 0.25) is 0 Å². The molecule has 3 aromatic rings. The molecule has 28 heavy (non-hydrogen) atoms. The van der Waals surface area contributed by atoms with E-state index in [1.165, 1.54) is 16.9 Å². The molecule has 0 radical (unpaired) electrons. The first-order chi connectivity index (χ1) is 13.8. The van der Waals surface area contributed by atoms with E-state index in [-0.39, 0.29) is 12.0 Å². The Hall–Kier alpha value is -2.16. The number of benzene rings is 1. The SMILES string of the molecule is O=C(NCc1nnc(SCC2CCCO2)n1Cc1ccccc1)c1cccs1. The largest absolute Gasteiger partial charge is 0.377 e. The third-order valence-electron chi connectivity index (χ3n) is 4.55. The molecule has 1 aromatic carbocycles. The number of carbonyl (C=O) groups is 1. The number of hydrogen-bond donors (Lipinski definition) is 1. The van der Waals surface area contributed by atoms with Crippen LogP contribution in [0.25, 0.3) is 0 Å². The summed E-state index contributed by atoms with van der Waals surface area (Å²) in [6.45, 7) is 1.87. The topological polar surface area (TPSA) is 69.0 Å². The summed E-state index contributed by atoms with van der Waals surface area (Å²) in [5.74, 6) is 1.54. The van der Waals surface area contributed by atoms with Crippen LogP contribution in [0.4, 0.5) is 0 Å². The van der Waals surface area contributed by atoms with Gasteiger partial charge in [0, 0.05) is 12.4 Å². The summed E-state index contributed by atoms with van der Waals surface area (Å²) in [5.41, 5.74) is 1.17. The summed E-state index contributed by atoms with van der Waals surface area (Å²) >= 11 is 3.10. The van der Waals surface area contributed by atoms with Crippen LogP contribution in [0.5, 0.6) is 0 Å². The Morgan fingerprint density at radius 1 is 1.25 bits per heavy atom. The second kappa shape index (κ2) is 9.36. The number of aromatic nitrogens is 3. The predicted molar refractivity (Wildman–Crippen MR) is 111 cm³/mol. The van der Waals surface area contributed by atoms with Crippen molar-refractivity contribution in [3.63, 3.8) is 0 Å². The summed E-state index contributed by atoms with van der Waals surface area (Å²) in [6, 6.07) is 13.9. The van der Waals surface area contributed by atoms with Gasteiger partial charge < -0.3 is 14.6 Å². The smallest absolute Gasteiger partial charge is 0.261 e. The average molecular weight is 415 g/mol. The molecule has 0 aliphatic carbocycles. The fourth-order valence-electron chi connectivity index (χ4n) is 3.08. The zero-order chi connectivity index (χ0) is 19.2. The minimum Gasteiger partial charge on any atom is -0.377 e. The number of thiophene rings is 1. The van der Waals surface area contributed by atoms with Crippen molar-refractivity contribution in [2.24, 2.45) is 0 Å². The van der Waals surface area contributed by atoms with Crippen LogP contribution >= 0.6 is 23.1 Å². The molecule has 8 heteroatoms. The molecular weight excluding hydrogens is 392 g/mol. The molecule has 146 valence electrons.